The number of methoxy groups -OCH3 is 1. The Morgan fingerprint density at radius 2 is 1.91 bits per heavy atom. The van der Waals surface area contributed by atoms with Gasteiger partial charge in [0, 0.05) is 16.8 Å². The summed E-state index contributed by atoms with van der Waals surface area (Å²) in [5.74, 6) is 0.623. The Hall–Kier alpha value is -3.42. The number of carbonyl (C=O) groups excluding carboxylic acids is 1. The normalized spacial score (nSPS) is 10.8. The number of rotatable bonds is 4. The maximum Gasteiger partial charge on any atom is 0.257 e. The summed E-state index contributed by atoms with van der Waals surface area (Å²) in [4.78, 5) is 17.1. The third-order valence-corrected chi connectivity index (χ3v) is 5.42. The van der Waals surface area contributed by atoms with Gasteiger partial charge in [0.2, 0.25) is 5.89 Å². The summed E-state index contributed by atoms with van der Waals surface area (Å²) in [5, 5.41) is 6.25. The molecule has 4 aromatic rings. The number of ether oxygens (including phenoxy) is 1. The standard InChI is InChI=1S/C24H20ClN3O3S/c1-13-4-8-21-19(10-13)26-23(31-21)16-6-5-14(2)18(12-16)27-24(32)28-22(29)15-7-9-20(30-3)17(25)11-15/h4-12H,1-3H3,(H2,27,28,29,32). The average molecular weight is 466 g/mol. The molecule has 0 radical (unpaired) electrons. The minimum atomic E-state index is -0.379. The molecule has 0 saturated carbocycles. The van der Waals surface area contributed by atoms with Gasteiger partial charge in [-0.3, -0.25) is 10.1 Å². The zero-order valence-electron chi connectivity index (χ0n) is 17.7. The average Bonchev–Trinajstić information content (AvgIpc) is 3.18. The Bertz CT molecular complexity index is 1350. The van der Waals surface area contributed by atoms with Crippen LogP contribution in [0.2, 0.25) is 5.02 Å². The van der Waals surface area contributed by atoms with E-state index in [1.807, 2.05) is 50.2 Å². The number of nitrogens with one attached hydrogen (secondary N) is 2. The Kier molecular flexibility index (Phi) is 6.12. The number of amides is 1. The van der Waals surface area contributed by atoms with E-state index in [1.165, 1.54) is 13.2 Å². The van der Waals surface area contributed by atoms with Crippen molar-refractivity contribution < 1.29 is 13.9 Å². The van der Waals surface area contributed by atoms with Crippen molar-refractivity contribution in [2.75, 3.05) is 12.4 Å². The van der Waals surface area contributed by atoms with Gasteiger partial charge >= 0.3 is 0 Å². The molecular formula is C24H20ClN3O3S. The second-order valence-corrected chi connectivity index (χ2v) is 8.09. The summed E-state index contributed by atoms with van der Waals surface area (Å²) in [6.45, 7) is 3.95. The zero-order valence-corrected chi connectivity index (χ0v) is 19.2. The van der Waals surface area contributed by atoms with Crippen molar-refractivity contribution in [2.45, 2.75) is 13.8 Å². The highest BCUT2D eigenvalue weighted by atomic mass is 35.5. The van der Waals surface area contributed by atoms with Gasteiger partial charge in [0.15, 0.2) is 10.7 Å². The molecule has 2 N–H and O–H groups in total. The van der Waals surface area contributed by atoms with Gasteiger partial charge < -0.3 is 14.5 Å². The summed E-state index contributed by atoms with van der Waals surface area (Å²) in [6.07, 6.45) is 0. The molecule has 0 unspecified atom stereocenters. The van der Waals surface area contributed by atoms with Crippen molar-refractivity contribution in [3.8, 4) is 17.2 Å². The largest absolute Gasteiger partial charge is 0.495 e. The lowest BCUT2D eigenvalue weighted by Gasteiger charge is -2.13. The number of oxazole rings is 1. The van der Waals surface area contributed by atoms with E-state index < -0.39 is 0 Å². The van der Waals surface area contributed by atoms with E-state index in [0.29, 0.717) is 22.2 Å². The molecule has 0 fully saturated rings. The van der Waals surface area contributed by atoms with Gasteiger partial charge in [0.25, 0.3) is 5.91 Å². The third kappa shape index (κ3) is 4.59. The number of hydrogen-bond donors (Lipinski definition) is 2. The van der Waals surface area contributed by atoms with Crippen molar-refractivity contribution in [1.29, 1.82) is 0 Å². The molecule has 0 bridgehead atoms. The summed E-state index contributed by atoms with van der Waals surface area (Å²) in [5.41, 5.74) is 5.49. The molecule has 162 valence electrons. The molecule has 4 rings (SSSR count). The second-order valence-electron chi connectivity index (χ2n) is 7.28. The van der Waals surface area contributed by atoms with Crippen molar-refractivity contribution >= 4 is 51.6 Å². The van der Waals surface area contributed by atoms with Crippen LogP contribution in [0.15, 0.2) is 59.0 Å². The molecule has 0 aliphatic rings. The molecule has 0 atom stereocenters. The quantitative estimate of drug-likeness (QED) is 0.365. The van der Waals surface area contributed by atoms with E-state index in [1.54, 1.807) is 12.1 Å². The molecular weight excluding hydrogens is 446 g/mol. The summed E-state index contributed by atoms with van der Waals surface area (Å²) < 4.78 is 11.0. The number of anilines is 1. The fourth-order valence-corrected chi connectivity index (χ4v) is 3.65. The van der Waals surface area contributed by atoms with E-state index in [4.69, 9.17) is 33.0 Å². The molecule has 0 aliphatic carbocycles. The van der Waals surface area contributed by atoms with Crippen LogP contribution in [0.4, 0.5) is 5.69 Å². The first-order valence-electron chi connectivity index (χ1n) is 9.78. The first kappa shape index (κ1) is 21.8. The van der Waals surface area contributed by atoms with Crippen LogP contribution in [0, 0.1) is 13.8 Å². The molecule has 3 aromatic carbocycles. The maximum atomic E-state index is 12.5. The lowest BCUT2D eigenvalue weighted by molar-refractivity contribution is 0.0977. The van der Waals surface area contributed by atoms with Gasteiger partial charge in [-0.15, -0.1) is 0 Å². The monoisotopic (exact) mass is 465 g/mol. The third-order valence-electron chi connectivity index (χ3n) is 4.92. The highest BCUT2D eigenvalue weighted by molar-refractivity contribution is 7.80. The highest BCUT2D eigenvalue weighted by Crippen LogP contribution is 2.28. The van der Waals surface area contributed by atoms with Crippen LogP contribution in [0.1, 0.15) is 21.5 Å². The summed E-state index contributed by atoms with van der Waals surface area (Å²) in [7, 11) is 1.51. The SMILES string of the molecule is COc1ccc(C(=O)NC(=S)Nc2cc(-c3nc4cc(C)ccc4o3)ccc2C)cc1Cl. The number of aryl methyl sites for hydroxylation is 2. The Morgan fingerprint density at radius 3 is 2.66 bits per heavy atom. The molecule has 0 saturated heterocycles. The molecule has 6 nitrogen and oxygen atoms in total. The van der Waals surface area contributed by atoms with Crippen LogP contribution in [0.25, 0.3) is 22.6 Å². The van der Waals surface area contributed by atoms with E-state index >= 15 is 0 Å². The van der Waals surface area contributed by atoms with E-state index in [-0.39, 0.29) is 11.0 Å². The van der Waals surface area contributed by atoms with Gasteiger partial charge in [0.05, 0.1) is 12.1 Å². The number of hydrogen-bond acceptors (Lipinski definition) is 5. The van der Waals surface area contributed by atoms with Crippen molar-refractivity contribution in [1.82, 2.24) is 10.3 Å². The smallest absolute Gasteiger partial charge is 0.257 e. The number of benzene rings is 3. The molecule has 8 heteroatoms. The van der Waals surface area contributed by atoms with Crippen molar-refractivity contribution in [3.63, 3.8) is 0 Å². The number of aromatic nitrogens is 1. The minimum Gasteiger partial charge on any atom is -0.495 e. The minimum absolute atomic E-state index is 0.162. The molecule has 1 amide bonds. The van der Waals surface area contributed by atoms with Gasteiger partial charge in [-0.2, -0.15) is 0 Å². The Morgan fingerprint density at radius 1 is 1.09 bits per heavy atom. The Labute approximate surface area is 195 Å². The maximum absolute atomic E-state index is 12.5. The topological polar surface area (TPSA) is 76.4 Å². The fraction of sp³-hybridized carbons (Fsp3) is 0.125. The van der Waals surface area contributed by atoms with Crippen molar-refractivity contribution in [2.24, 2.45) is 0 Å². The van der Waals surface area contributed by atoms with Crippen molar-refractivity contribution in [3.05, 3.63) is 76.3 Å². The number of carbonyl (C=O) groups is 1. The van der Waals surface area contributed by atoms with Crippen LogP contribution in [0.5, 0.6) is 5.75 Å². The number of fused-ring (bicyclic) bond motifs is 1. The van der Waals surface area contributed by atoms with Crippen LogP contribution in [-0.4, -0.2) is 23.1 Å². The summed E-state index contributed by atoms with van der Waals surface area (Å²) in [6, 6.07) is 16.4. The first-order chi connectivity index (χ1) is 15.3. The van der Waals surface area contributed by atoms with E-state index in [0.717, 1.165) is 33.5 Å². The fourth-order valence-electron chi connectivity index (χ4n) is 3.19. The summed E-state index contributed by atoms with van der Waals surface area (Å²) >= 11 is 11.4. The second kappa shape index (κ2) is 8.98. The van der Waals surface area contributed by atoms with Crippen LogP contribution in [-0.2, 0) is 0 Å². The molecule has 1 aromatic heterocycles. The van der Waals surface area contributed by atoms with Crippen LogP contribution < -0.4 is 15.4 Å². The van der Waals surface area contributed by atoms with Gasteiger partial charge in [-0.05, 0) is 79.7 Å². The molecule has 32 heavy (non-hydrogen) atoms. The predicted octanol–water partition coefficient (Wildman–Crippen LogP) is 5.90. The van der Waals surface area contributed by atoms with Crippen LogP contribution in [0.3, 0.4) is 0 Å². The first-order valence-corrected chi connectivity index (χ1v) is 10.6. The van der Waals surface area contributed by atoms with E-state index in [9.17, 15) is 4.79 Å². The predicted molar refractivity (Wildman–Crippen MR) is 131 cm³/mol. The highest BCUT2D eigenvalue weighted by Gasteiger charge is 2.13. The molecule has 1 heterocycles. The van der Waals surface area contributed by atoms with E-state index in [2.05, 4.69) is 15.6 Å². The van der Waals surface area contributed by atoms with Gasteiger partial charge in [-0.25, -0.2) is 4.98 Å². The molecule has 0 aliphatic heterocycles. The number of nitrogens with zero attached hydrogens (tertiary/aromatic N) is 1. The molecule has 0 spiro atoms. The number of thiocarbonyl (C=S) groups is 1. The zero-order chi connectivity index (χ0) is 22.8. The van der Waals surface area contributed by atoms with Gasteiger partial charge in [0.1, 0.15) is 11.3 Å². The Balaban J connectivity index is 1.51. The van der Waals surface area contributed by atoms with Gasteiger partial charge in [-0.1, -0.05) is 23.7 Å². The number of halogens is 1. The lowest BCUT2D eigenvalue weighted by Crippen LogP contribution is -2.34. The lowest BCUT2D eigenvalue weighted by atomic mass is 10.1. The van der Waals surface area contributed by atoms with Crippen LogP contribution >= 0.6 is 23.8 Å².